The van der Waals surface area contributed by atoms with E-state index >= 15 is 0 Å². The van der Waals surface area contributed by atoms with Gasteiger partial charge in [-0.3, -0.25) is 9.59 Å². The second-order valence-corrected chi connectivity index (χ2v) is 8.28. The average molecular weight is 381 g/mol. The number of carbonyl (C=O) groups is 2. The van der Waals surface area contributed by atoms with E-state index in [1.165, 1.54) is 32.1 Å². The molecular formula is C22H36O5. The van der Waals surface area contributed by atoms with Gasteiger partial charge in [-0.05, 0) is 76.2 Å². The molecule has 0 bridgehead atoms. The largest absolute Gasteiger partial charge is 0.498 e. The maximum absolute atomic E-state index is 12.4. The van der Waals surface area contributed by atoms with Crippen molar-refractivity contribution in [3.8, 4) is 0 Å². The molecule has 0 aromatic heterocycles. The van der Waals surface area contributed by atoms with Crippen molar-refractivity contribution >= 4 is 11.9 Å². The summed E-state index contributed by atoms with van der Waals surface area (Å²) in [4.78, 5) is 23.4. The molecule has 1 N–H and O–H groups in total. The number of allylic oxidation sites excluding steroid dienone is 1. The number of carbonyl (C=O) groups excluding carboxylic acids is 1. The van der Waals surface area contributed by atoms with Gasteiger partial charge in [-0.15, -0.1) is 0 Å². The van der Waals surface area contributed by atoms with E-state index in [-0.39, 0.29) is 18.0 Å². The van der Waals surface area contributed by atoms with Crippen LogP contribution in [0.5, 0.6) is 0 Å². The molecule has 27 heavy (non-hydrogen) atoms. The molecule has 2 rings (SSSR count). The molecule has 2 unspecified atom stereocenters. The van der Waals surface area contributed by atoms with Crippen molar-refractivity contribution in [1.29, 1.82) is 0 Å². The van der Waals surface area contributed by atoms with E-state index in [2.05, 4.69) is 6.08 Å². The monoisotopic (exact) mass is 380 g/mol. The Hall–Kier alpha value is -1.52. The highest BCUT2D eigenvalue weighted by Crippen LogP contribution is 2.29. The van der Waals surface area contributed by atoms with Crippen LogP contribution in [0, 0.1) is 17.8 Å². The van der Waals surface area contributed by atoms with Gasteiger partial charge in [-0.2, -0.15) is 0 Å². The van der Waals surface area contributed by atoms with E-state index in [4.69, 9.17) is 14.6 Å². The number of aliphatic carboxylic acids is 1. The van der Waals surface area contributed by atoms with Crippen LogP contribution in [-0.2, 0) is 19.1 Å². The highest BCUT2D eigenvalue weighted by Gasteiger charge is 2.28. The number of carboxylic acid groups (broad SMARTS) is 1. The second-order valence-electron chi connectivity index (χ2n) is 8.28. The molecule has 5 heteroatoms. The zero-order chi connectivity index (χ0) is 19.6. The Morgan fingerprint density at radius 1 is 1.04 bits per heavy atom. The summed E-state index contributed by atoms with van der Waals surface area (Å²) < 4.78 is 11.6. The van der Waals surface area contributed by atoms with E-state index in [0.29, 0.717) is 24.9 Å². The van der Waals surface area contributed by atoms with Crippen LogP contribution in [0.15, 0.2) is 12.3 Å². The smallest absolute Gasteiger partial charge is 0.309 e. The SMILES string of the molecule is CCC(CC(C)C(=O)O)C(=O)OC1CCC(/C=C/OC2CCCCC2)CC1. The Morgan fingerprint density at radius 2 is 1.70 bits per heavy atom. The van der Waals surface area contributed by atoms with Crippen LogP contribution >= 0.6 is 0 Å². The van der Waals surface area contributed by atoms with E-state index in [1.54, 1.807) is 6.92 Å². The third-order valence-corrected chi connectivity index (χ3v) is 6.06. The number of rotatable bonds is 9. The molecule has 2 fully saturated rings. The first-order chi connectivity index (χ1) is 13.0. The van der Waals surface area contributed by atoms with Crippen LogP contribution in [0.1, 0.15) is 84.5 Å². The van der Waals surface area contributed by atoms with Crippen molar-refractivity contribution in [3.05, 3.63) is 12.3 Å². The molecule has 2 aliphatic carbocycles. The quantitative estimate of drug-likeness (QED) is 0.445. The van der Waals surface area contributed by atoms with E-state index in [9.17, 15) is 9.59 Å². The lowest BCUT2D eigenvalue weighted by Gasteiger charge is -2.28. The molecule has 0 amide bonds. The van der Waals surface area contributed by atoms with Crippen molar-refractivity contribution < 1.29 is 24.2 Å². The standard InChI is InChI=1S/C22H36O5/c1-3-18(15-16(2)21(23)24)22(25)27-20-11-9-17(10-12-20)13-14-26-19-7-5-4-6-8-19/h13-14,16-20H,3-12,15H2,1-2H3,(H,23,24)/b14-13+. The van der Waals surface area contributed by atoms with Crippen molar-refractivity contribution in [3.63, 3.8) is 0 Å². The Morgan fingerprint density at radius 3 is 2.30 bits per heavy atom. The summed E-state index contributed by atoms with van der Waals surface area (Å²) in [5.41, 5.74) is 0. The maximum Gasteiger partial charge on any atom is 0.309 e. The van der Waals surface area contributed by atoms with Gasteiger partial charge in [-0.25, -0.2) is 0 Å². The summed E-state index contributed by atoms with van der Waals surface area (Å²) >= 11 is 0. The Bertz CT molecular complexity index is 487. The normalized spacial score (nSPS) is 26.4. The summed E-state index contributed by atoms with van der Waals surface area (Å²) in [6, 6.07) is 0. The summed E-state index contributed by atoms with van der Waals surface area (Å²) in [6.45, 7) is 3.56. The van der Waals surface area contributed by atoms with Crippen LogP contribution in [-0.4, -0.2) is 29.3 Å². The zero-order valence-corrected chi connectivity index (χ0v) is 16.9. The molecule has 0 radical (unpaired) electrons. The number of hydrogen-bond acceptors (Lipinski definition) is 4. The summed E-state index contributed by atoms with van der Waals surface area (Å²) in [6.07, 6.45) is 15.4. The lowest BCUT2D eigenvalue weighted by Crippen LogP contribution is -2.29. The number of ether oxygens (including phenoxy) is 2. The van der Waals surface area contributed by atoms with Crippen LogP contribution < -0.4 is 0 Å². The first-order valence-electron chi connectivity index (χ1n) is 10.7. The van der Waals surface area contributed by atoms with Crippen molar-refractivity contribution in [1.82, 2.24) is 0 Å². The number of hydrogen-bond donors (Lipinski definition) is 1. The van der Waals surface area contributed by atoms with Gasteiger partial charge >= 0.3 is 11.9 Å². The molecule has 0 saturated heterocycles. The van der Waals surface area contributed by atoms with Gasteiger partial charge in [-0.1, -0.05) is 20.3 Å². The van der Waals surface area contributed by atoms with Crippen LogP contribution in [0.4, 0.5) is 0 Å². The molecule has 0 heterocycles. The molecule has 0 aliphatic heterocycles. The van der Waals surface area contributed by atoms with Crippen LogP contribution in [0.25, 0.3) is 0 Å². The van der Waals surface area contributed by atoms with E-state index < -0.39 is 11.9 Å². The molecule has 154 valence electrons. The number of carboxylic acids is 1. The summed E-state index contributed by atoms with van der Waals surface area (Å²) in [5.74, 6) is -1.43. The van der Waals surface area contributed by atoms with Gasteiger partial charge in [0.2, 0.25) is 0 Å². The Labute approximate surface area is 163 Å². The zero-order valence-electron chi connectivity index (χ0n) is 16.9. The van der Waals surface area contributed by atoms with Gasteiger partial charge in [0.1, 0.15) is 6.10 Å². The van der Waals surface area contributed by atoms with E-state index in [0.717, 1.165) is 25.7 Å². The third kappa shape index (κ3) is 7.55. The predicted octanol–water partition coefficient (Wildman–Crippen LogP) is 5.09. The van der Waals surface area contributed by atoms with Crippen molar-refractivity contribution in [2.75, 3.05) is 0 Å². The minimum Gasteiger partial charge on any atom is -0.498 e. The fraction of sp³-hybridized carbons (Fsp3) is 0.818. The molecular weight excluding hydrogens is 344 g/mol. The van der Waals surface area contributed by atoms with Crippen molar-refractivity contribution in [2.45, 2.75) is 96.7 Å². The van der Waals surface area contributed by atoms with Gasteiger partial charge in [0.25, 0.3) is 0 Å². The highest BCUT2D eigenvalue weighted by atomic mass is 16.5. The fourth-order valence-corrected chi connectivity index (χ4v) is 4.09. The van der Waals surface area contributed by atoms with Gasteiger partial charge in [0, 0.05) is 0 Å². The predicted molar refractivity (Wildman–Crippen MR) is 104 cm³/mol. The van der Waals surface area contributed by atoms with Gasteiger partial charge < -0.3 is 14.6 Å². The molecule has 2 saturated carbocycles. The lowest BCUT2D eigenvalue weighted by molar-refractivity contribution is -0.157. The molecule has 2 aliphatic rings. The van der Waals surface area contributed by atoms with E-state index in [1.807, 2.05) is 13.2 Å². The Kier molecular flexibility index (Phi) is 9.16. The van der Waals surface area contributed by atoms with Crippen LogP contribution in [0.3, 0.4) is 0 Å². The first kappa shape index (κ1) is 21.8. The van der Waals surface area contributed by atoms with Crippen LogP contribution in [0.2, 0.25) is 0 Å². The van der Waals surface area contributed by atoms with Gasteiger partial charge in [0.05, 0.1) is 24.2 Å². The molecule has 0 aromatic rings. The minimum atomic E-state index is -0.857. The summed E-state index contributed by atoms with van der Waals surface area (Å²) in [5, 5.41) is 9.04. The molecule has 0 aromatic carbocycles. The maximum atomic E-state index is 12.4. The lowest BCUT2D eigenvalue weighted by atomic mass is 9.87. The third-order valence-electron chi connectivity index (χ3n) is 6.06. The van der Waals surface area contributed by atoms with Crippen molar-refractivity contribution in [2.24, 2.45) is 17.8 Å². The molecule has 2 atom stereocenters. The Balaban J connectivity index is 1.68. The van der Waals surface area contributed by atoms with Gasteiger partial charge in [0.15, 0.2) is 0 Å². The average Bonchev–Trinajstić information content (AvgIpc) is 2.68. The molecule has 5 nitrogen and oxygen atoms in total. The number of esters is 1. The summed E-state index contributed by atoms with van der Waals surface area (Å²) in [7, 11) is 0. The minimum absolute atomic E-state index is 0.0319. The molecule has 0 spiro atoms. The second kappa shape index (κ2) is 11.4. The first-order valence-corrected chi connectivity index (χ1v) is 10.7. The topological polar surface area (TPSA) is 72.8 Å². The highest BCUT2D eigenvalue weighted by molar-refractivity contribution is 5.75. The fourth-order valence-electron chi connectivity index (χ4n) is 4.09.